The fourth-order valence-electron chi connectivity index (χ4n) is 3.51. The van der Waals surface area contributed by atoms with Gasteiger partial charge in [0.05, 0.1) is 22.1 Å². The molecule has 1 aliphatic rings. The van der Waals surface area contributed by atoms with Gasteiger partial charge in [-0.05, 0) is 37.1 Å². The van der Waals surface area contributed by atoms with Crippen LogP contribution in [0.1, 0.15) is 12.8 Å². The predicted octanol–water partition coefficient (Wildman–Crippen LogP) is 4.13. The highest BCUT2D eigenvalue weighted by Crippen LogP contribution is 2.30. The molecule has 1 aromatic heterocycles. The Hall–Kier alpha value is -2.69. The smallest absolute Gasteiger partial charge is 0.243 e. The molecule has 31 heavy (non-hydrogen) atoms. The molecule has 0 aliphatic carbocycles. The van der Waals surface area contributed by atoms with Gasteiger partial charge in [-0.2, -0.15) is 4.31 Å². The summed E-state index contributed by atoms with van der Waals surface area (Å²) >= 11 is 1.05. The number of nitrogens with one attached hydrogen (secondary N) is 1. The number of hydrogen-bond donors (Lipinski definition) is 1. The van der Waals surface area contributed by atoms with E-state index in [1.807, 2.05) is 0 Å². The van der Waals surface area contributed by atoms with Gasteiger partial charge in [0.1, 0.15) is 11.6 Å². The number of rotatable bonds is 5. The van der Waals surface area contributed by atoms with Crippen molar-refractivity contribution in [3.63, 3.8) is 0 Å². The Morgan fingerprint density at radius 2 is 1.81 bits per heavy atom. The largest absolute Gasteiger partial charge is 0.302 e. The molecule has 162 valence electrons. The zero-order valence-corrected chi connectivity index (χ0v) is 17.9. The minimum absolute atomic E-state index is 0.0588. The number of thiazole rings is 1. The second-order valence-corrected chi connectivity index (χ2v) is 9.94. The SMILES string of the molecule is O=C(Nc1nc(-c2c(F)cccc2F)cs1)C1CCCN(S(=O)(=O)c2ccccc2)C1. The van der Waals surface area contributed by atoms with Crippen LogP contribution >= 0.6 is 11.3 Å². The lowest BCUT2D eigenvalue weighted by molar-refractivity contribution is -0.120. The van der Waals surface area contributed by atoms with E-state index < -0.39 is 27.6 Å². The first-order valence-electron chi connectivity index (χ1n) is 9.62. The third-order valence-corrected chi connectivity index (χ3v) is 7.73. The van der Waals surface area contributed by atoms with Crippen LogP contribution in [0.2, 0.25) is 0 Å². The molecule has 1 amide bonds. The van der Waals surface area contributed by atoms with E-state index in [1.54, 1.807) is 18.2 Å². The van der Waals surface area contributed by atoms with Gasteiger partial charge in [0.2, 0.25) is 15.9 Å². The monoisotopic (exact) mass is 463 g/mol. The number of anilines is 1. The Labute approximate surface area is 182 Å². The van der Waals surface area contributed by atoms with Crippen LogP contribution in [0, 0.1) is 17.6 Å². The highest BCUT2D eigenvalue weighted by atomic mass is 32.2. The molecule has 1 N–H and O–H groups in total. The standard InChI is InChI=1S/C21H19F2N3O3S2/c22-16-9-4-10-17(23)19(16)18-13-30-21(24-18)25-20(27)14-6-5-11-26(12-14)31(28,29)15-7-2-1-3-8-15/h1-4,7-10,13-14H,5-6,11-12H2,(H,24,25,27). The topological polar surface area (TPSA) is 79.4 Å². The van der Waals surface area contributed by atoms with E-state index in [1.165, 1.54) is 27.9 Å². The zero-order chi connectivity index (χ0) is 22.0. The van der Waals surface area contributed by atoms with Crippen molar-refractivity contribution in [3.05, 3.63) is 65.5 Å². The number of nitrogens with zero attached hydrogens (tertiary/aromatic N) is 2. The van der Waals surface area contributed by atoms with E-state index in [2.05, 4.69) is 10.3 Å². The summed E-state index contributed by atoms with van der Waals surface area (Å²) in [7, 11) is -3.69. The maximum absolute atomic E-state index is 14.0. The lowest BCUT2D eigenvalue weighted by Crippen LogP contribution is -2.43. The Morgan fingerprint density at radius 1 is 1.10 bits per heavy atom. The highest BCUT2D eigenvalue weighted by Gasteiger charge is 2.33. The van der Waals surface area contributed by atoms with Gasteiger partial charge in [0, 0.05) is 18.5 Å². The molecule has 3 aromatic rings. The van der Waals surface area contributed by atoms with Crippen LogP contribution in [0.25, 0.3) is 11.3 Å². The van der Waals surface area contributed by atoms with Crippen LogP contribution < -0.4 is 5.32 Å². The number of benzene rings is 2. The molecule has 0 spiro atoms. The normalized spacial score (nSPS) is 17.4. The number of piperidine rings is 1. The lowest BCUT2D eigenvalue weighted by atomic mass is 9.99. The quantitative estimate of drug-likeness (QED) is 0.617. The van der Waals surface area contributed by atoms with Crippen LogP contribution in [-0.2, 0) is 14.8 Å². The zero-order valence-electron chi connectivity index (χ0n) is 16.3. The molecule has 1 unspecified atom stereocenters. The van der Waals surface area contributed by atoms with Crippen LogP contribution in [0.5, 0.6) is 0 Å². The number of sulfonamides is 1. The summed E-state index contributed by atoms with van der Waals surface area (Å²) in [6.07, 6.45) is 1.08. The first-order valence-corrected chi connectivity index (χ1v) is 11.9. The molecule has 10 heteroatoms. The molecule has 1 saturated heterocycles. The molecule has 0 bridgehead atoms. The summed E-state index contributed by atoms with van der Waals surface area (Å²) in [6.45, 7) is 0.401. The average Bonchev–Trinajstić information content (AvgIpc) is 3.22. The Bertz CT molecular complexity index is 1180. The van der Waals surface area contributed by atoms with Crippen molar-refractivity contribution in [1.29, 1.82) is 0 Å². The summed E-state index contributed by atoms with van der Waals surface area (Å²) in [5, 5.41) is 4.32. The third-order valence-electron chi connectivity index (χ3n) is 5.09. The second kappa shape index (κ2) is 8.81. The van der Waals surface area contributed by atoms with Crippen LogP contribution in [-0.4, -0.2) is 36.7 Å². The second-order valence-electron chi connectivity index (χ2n) is 7.14. The first-order chi connectivity index (χ1) is 14.9. The van der Waals surface area contributed by atoms with Crippen molar-refractivity contribution in [2.75, 3.05) is 18.4 Å². The van der Waals surface area contributed by atoms with Gasteiger partial charge in [-0.3, -0.25) is 4.79 Å². The van der Waals surface area contributed by atoms with E-state index in [0.717, 1.165) is 23.5 Å². The average molecular weight is 464 g/mol. The molecule has 1 aliphatic heterocycles. The predicted molar refractivity (Wildman–Crippen MR) is 114 cm³/mol. The summed E-state index contributed by atoms with van der Waals surface area (Å²) in [5.74, 6) is -2.40. The van der Waals surface area contributed by atoms with Crippen LogP contribution in [0.15, 0.2) is 58.8 Å². The van der Waals surface area contributed by atoms with Gasteiger partial charge >= 0.3 is 0 Å². The van der Waals surface area contributed by atoms with Crippen molar-refractivity contribution in [1.82, 2.24) is 9.29 Å². The number of carbonyl (C=O) groups excluding carboxylic acids is 1. The molecular weight excluding hydrogens is 444 g/mol. The van der Waals surface area contributed by atoms with E-state index in [0.29, 0.717) is 19.4 Å². The molecule has 4 rings (SSSR count). The van der Waals surface area contributed by atoms with E-state index in [4.69, 9.17) is 0 Å². The van der Waals surface area contributed by atoms with Crippen LogP contribution in [0.3, 0.4) is 0 Å². The molecule has 2 heterocycles. The van der Waals surface area contributed by atoms with E-state index >= 15 is 0 Å². The maximum Gasteiger partial charge on any atom is 0.243 e. The van der Waals surface area contributed by atoms with Gasteiger partial charge in [-0.1, -0.05) is 24.3 Å². The van der Waals surface area contributed by atoms with Crippen LogP contribution in [0.4, 0.5) is 13.9 Å². The summed E-state index contributed by atoms with van der Waals surface area (Å²) in [4.78, 5) is 17.1. The Morgan fingerprint density at radius 3 is 2.52 bits per heavy atom. The number of halogens is 2. The Kier molecular flexibility index (Phi) is 6.12. The molecule has 1 fully saturated rings. The van der Waals surface area contributed by atoms with Crippen molar-refractivity contribution in [3.8, 4) is 11.3 Å². The van der Waals surface area contributed by atoms with Crippen molar-refractivity contribution >= 4 is 32.4 Å². The van der Waals surface area contributed by atoms with Gasteiger partial charge in [0.15, 0.2) is 5.13 Å². The number of amides is 1. The number of carbonyl (C=O) groups is 1. The van der Waals surface area contributed by atoms with Gasteiger partial charge in [-0.25, -0.2) is 22.2 Å². The van der Waals surface area contributed by atoms with Crippen molar-refractivity contribution in [2.45, 2.75) is 17.7 Å². The number of hydrogen-bond acceptors (Lipinski definition) is 5. The molecule has 0 saturated carbocycles. The fraction of sp³-hybridized carbons (Fsp3) is 0.238. The van der Waals surface area contributed by atoms with Gasteiger partial charge < -0.3 is 5.32 Å². The maximum atomic E-state index is 14.0. The third kappa shape index (κ3) is 4.51. The summed E-state index contributed by atoms with van der Waals surface area (Å²) < 4.78 is 55.0. The minimum Gasteiger partial charge on any atom is -0.302 e. The first kappa shape index (κ1) is 21.5. The molecular formula is C21H19F2N3O3S2. The summed E-state index contributed by atoms with van der Waals surface area (Å²) in [5.41, 5.74) is -0.162. The van der Waals surface area contributed by atoms with Crippen molar-refractivity contribution in [2.24, 2.45) is 5.92 Å². The fourth-order valence-corrected chi connectivity index (χ4v) is 5.76. The lowest BCUT2D eigenvalue weighted by Gasteiger charge is -2.31. The number of aromatic nitrogens is 1. The minimum atomic E-state index is -3.69. The van der Waals surface area contributed by atoms with Crippen molar-refractivity contribution < 1.29 is 22.0 Å². The van der Waals surface area contributed by atoms with E-state index in [-0.39, 0.29) is 33.7 Å². The van der Waals surface area contributed by atoms with Gasteiger partial charge in [0.25, 0.3) is 0 Å². The van der Waals surface area contributed by atoms with E-state index in [9.17, 15) is 22.0 Å². The van der Waals surface area contributed by atoms with Gasteiger partial charge in [-0.15, -0.1) is 11.3 Å². The molecule has 1 atom stereocenters. The Balaban J connectivity index is 1.47. The molecule has 2 aromatic carbocycles. The summed E-state index contributed by atoms with van der Waals surface area (Å²) in [6, 6.07) is 11.6. The molecule has 6 nitrogen and oxygen atoms in total. The molecule has 0 radical (unpaired) electrons. The highest BCUT2D eigenvalue weighted by molar-refractivity contribution is 7.89.